The van der Waals surface area contributed by atoms with Crippen molar-refractivity contribution in [3.63, 3.8) is 0 Å². The fourth-order valence-electron chi connectivity index (χ4n) is 9.70. The van der Waals surface area contributed by atoms with E-state index in [0.717, 1.165) is 28.3 Å². The number of rotatable bonds is 9. The van der Waals surface area contributed by atoms with Gasteiger partial charge in [0, 0.05) is 33.5 Å². The molecule has 0 N–H and O–H groups in total. The lowest BCUT2D eigenvalue weighted by Gasteiger charge is -2.27. The molecule has 0 fully saturated rings. The lowest BCUT2D eigenvalue weighted by Crippen LogP contribution is -2.10. The monoisotopic (exact) mass is 840 g/mol. The number of anilines is 3. The molecule has 12 rings (SSSR count). The van der Waals surface area contributed by atoms with Crippen molar-refractivity contribution in [3.05, 3.63) is 267 Å². The molecule has 1 aromatic heterocycles. The van der Waals surface area contributed by atoms with Crippen LogP contribution in [-0.2, 0) is 0 Å². The van der Waals surface area contributed by atoms with Gasteiger partial charge in [0.25, 0.3) is 0 Å². The van der Waals surface area contributed by atoms with Gasteiger partial charge in [-0.3, -0.25) is 0 Å². The van der Waals surface area contributed by atoms with Crippen LogP contribution in [0.5, 0.6) is 0 Å². The highest BCUT2D eigenvalue weighted by Gasteiger charge is 2.18. The molecule has 0 aliphatic rings. The normalized spacial score (nSPS) is 11.3. The Labute approximate surface area is 385 Å². The van der Waals surface area contributed by atoms with Crippen LogP contribution in [-0.4, -0.2) is 4.57 Å². The first-order valence-electron chi connectivity index (χ1n) is 22.7. The van der Waals surface area contributed by atoms with Crippen molar-refractivity contribution in [3.8, 4) is 61.3 Å². The van der Waals surface area contributed by atoms with Crippen LogP contribution in [0.1, 0.15) is 0 Å². The first kappa shape index (κ1) is 38.9. The largest absolute Gasteiger partial charge is 0.310 e. The fourth-order valence-corrected chi connectivity index (χ4v) is 9.70. The minimum Gasteiger partial charge on any atom is -0.310 e. The number of hydrogen-bond acceptors (Lipinski definition) is 1. The van der Waals surface area contributed by atoms with E-state index in [-0.39, 0.29) is 0 Å². The maximum absolute atomic E-state index is 2.40. The molecule has 12 aromatic rings. The van der Waals surface area contributed by atoms with Crippen LogP contribution < -0.4 is 4.90 Å². The molecule has 0 aliphatic heterocycles. The molecule has 0 spiro atoms. The summed E-state index contributed by atoms with van der Waals surface area (Å²) in [5, 5.41) is 4.95. The van der Waals surface area contributed by atoms with E-state index in [4.69, 9.17) is 0 Å². The second-order valence-electron chi connectivity index (χ2n) is 17.0. The molecule has 1 heterocycles. The first-order valence-corrected chi connectivity index (χ1v) is 22.7. The van der Waals surface area contributed by atoms with E-state index in [9.17, 15) is 0 Å². The van der Waals surface area contributed by atoms with E-state index in [1.807, 2.05) is 0 Å². The molecule has 66 heavy (non-hydrogen) atoms. The Bertz CT molecular complexity index is 3580. The lowest BCUT2D eigenvalue weighted by atomic mass is 9.89. The topological polar surface area (TPSA) is 8.17 Å². The van der Waals surface area contributed by atoms with Gasteiger partial charge in [-0.05, 0) is 139 Å². The molecule has 0 amide bonds. The van der Waals surface area contributed by atoms with Gasteiger partial charge in [-0.1, -0.05) is 194 Å². The number of para-hydroxylation sites is 2. The van der Waals surface area contributed by atoms with E-state index in [1.54, 1.807) is 0 Å². The smallest absolute Gasteiger partial charge is 0.0547 e. The summed E-state index contributed by atoms with van der Waals surface area (Å²) >= 11 is 0. The maximum atomic E-state index is 2.40. The minimum absolute atomic E-state index is 1.08. The summed E-state index contributed by atoms with van der Waals surface area (Å²) in [6.45, 7) is 0. The molecule has 310 valence electrons. The van der Waals surface area contributed by atoms with Gasteiger partial charge in [0.05, 0.1) is 11.0 Å². The molecular weight excluding hydrogens is 797 g/mol. The number of aromatic nitrogens is 1. The zero-order valence-electron chi connectivity index (χ0n) is 36.3. The Morgan fingerprint density at radius 3 is 1.44 bits per heavy atom. The van der Waals surface area contributed by atoms with Gasteiger partial charge >= 0.3 is 0 Å². The molecular formula is C64H44N2. The van der Waals surface area contributed by atoms with Crippen molar-refractivity contribution in [1.29, 1.82) is 0 Å². The highest BCUT2D eigenvalue weighted by Crippen LogP contribution is 2.43. The molecule has 0 aliphatic carbocycles. The fraction of sp³-hybridized carbons (Fsp3) is 0. The number of benzene rings is 11. The summed E-state index contributed by atoms with van der Waals surface area (Å²) in [4.78, 5) is 2.37. The van der Waals surface area contributed by atoms with Gasteiger partial charge in [0.15, 0.2) is 0 Å². The van der Waals surface area contributed by atoms with Crippen LogP contribution >= 0.6 is 0 Å². The highest BCUT2D eigenvalue weighted by molar-refractivity contribution is 6.10. The number of nitrogens with zero attached hydrogens (tertiary/aromatic N) is 2. The molecule has 2 nitrogen and oxygen atoms in total. The van der Waals surface area contributed by atoms with Crippen LogP contribution in [0.3, 0.4) is 0 Å². The van der Waals surface area contributed by atoms with Gasteiger partial charge in [-0.2, -0.15) is 0 Å². The van der Waals surface area contributed by atoms with Crippen molar-refractivity contribution < 1.29 is 0 Å². The molecule has 2 heteroatoms. The van der Waals surface area contributed by atoms with Crippen molar-refractivity contribution in [2.24, 2.45) is 0 Å². The standard InChI is InChI=1S/C64H44N2/c1-4-15-45(16-5-1)48-29-35-56(36-30-48)65(57-37-31-49(32-38-57)46-17-6-2-7-18-46)58-24-14-21-53(42-58)59-39-33-51(43-62(59)54-28-27-47-19-10-11-20-50(47)41-54)52-34-40-61-60-25-12-13-26-63(60)66(64(61)44-52)55-22-8-3-9-23-55/h1-44H. The molecule has 11 aromatic carbocycles. The second kappa shape index (κ2) is 16.8. The van der Waals surface area contributed by atoms with Crippen molar-refractivity contribution in [1.82, 2.24) is 4.57 Å². The average Bonchev–Trinajstić information content (AvgIpc) is 3.73. The second-order valence-corrected chi connectivity index (χ2v) is 17.0. The molecule has 0 saturated heterocycles. The minimum atomic E-state index is 1.08. The zero-order chi connectivity index (χ0) is 43.8. The SMILES string of the molecule is c1ccc(-c2ccc(N(c3ccc(-c4ccccc4)cc3)c3cccc(-c4ccc(-c5ccc6c7ccccc7n(-c7ccccc7)c6c5)cc4-c4ccc5ccccc5c4)c3)cc2)cc1. The van der Waals surface area contributed by atoms with Gasteiger partial charge in [-0.25, -0.2) is 0 Å². The Morgan fingerprint density at radius 2 is 0.742 bits per heavy atom. The zero-order valence-corrected chi connectivity index (χ0v) is 36.3. The summed E-state index contributed by atoms with van der Waals surface area (Å²) < 4.78 is 2.40. The molecule has 0 atom stereocenters. The van der Waals surface area contributed by atoms with Gasteiger partial charge in [0.1, 0.15) is 0 Å². The summed E-state index contributed by atoms with van der Waals surface area (Å²) in [6, 6.07) is 97.0. The highest BCUT2D eigenvalue weighted by atomic mass is 15.1. The molecule has 0 bridgehead atoms. The van der Waals surface area contributed by atoms with E-state index in [2.05, 4.69) is 276 Å². The molecule has 0 saturated carbocycles. The Morgan fingerprint density at radius 1 is 0.242 bits per heavy atom. The summed E-state index contributed by atoms with van der Waals surface area (Å²) in [5.41, 5.74) is 18.6. The van der Waals surface area contributed by atoms with Crippen LogP contribution in [0.15, 0.2) is 267 Å². The van der Waals surface area contributed by atoms with E-state index >= 15 is 0 Å². The molecule has 0 radical (unpaired) electrons. The van der Waals surface area contributed by atoms with Crippen LogP contribution in [0.4, 0.5) is 17.1 Å². The third kappa shape index (κ3) is 7.21. The third-order valence-corrected chi connectivity index (χ3v) is 13.0. The Hall–Kier alpha value is -8.72. The Balaban J connectivity index is 1.00. The van der Waals surface area contributed by atoms with Gasteiger partial charge in [-0.15, -0.1) is 0 Å². The maximum Gasteiger partial charge on any atom is 0.0547 e. The predicted octanol–water partition coefficient (Wildman–Crippen LogP) is 17.7. The van der Waals surface area contributed by atoms with Gasteiger partial charge < -0.3 is 9.47 Å². The molecule has 0 unspecified atom stereocenters. The van der Waals surface area contributed by atoms with E-state index < -0.39 is 0 Å². The third-order valence-electron chi connectivity index (χ3n) is 13.0. The Kier molecular flexibility index (Phi) is 9.89. The van der Waals surface area contributed by atoms with Gasteiger partial charge in [0.2, 0.25) is 0 Å². The van der Waals surface area contributed by atoms with Crippen molar-refractivity contribution >= 4 is 49.6 Å². The summed E-state index contributed by atoms with van der Waals surface area (Å²) in [5.74, 6) is 0. The quantitative estimate of drug-likeness (QED) is 0.141. The van der Waals surface area contributed by atoms with E-state index in [1.165, 1.54) is 82.6 Å². The van der Waals surface area contributed by atoms with E-state index in [0.29, 0.717) is 0 Å². The summed E-state index contributed by atoms with van der Waals surface area (Å²) in [7, 11) is 0. The lowest BCUT2D eigenvalue weighted by molar-refractivity contribution is 1.18. The van der Waals surface area contributed by atoms with Crippen molar-refractivity contribution in [2.75, 3.05) is 4.90 Å². The van der Waals surface area contributed by atoms with Crippen LogP contribution in [0.2, 0.25) is 0 Å². The number of hydrogen-bond donors (Lipinski definition) is 0. The average molecular weight is 841 g/mol. The number of fused-ring (bicyclic) bond motifs is 4. The van der Waals surface area contributed by atoms with Crippen LogP contribution in [0, 0.1) is 0 Å². The summed E-state index contributed by atoms with van der Waals surface area (Å²) in [6.07, 6.45) is 0. The van der Waals surface area contributed by atoms with Crippen LogP contribution in [0.25, 0.3) is 93.9 Å². The predicted molar refractivity (Wildman–Crippen MR) is 280 cm³/mol. The van der Waals surface area contributed by atoms with Crippen molar-refractivity contribution in [2.45, 2.75) is 0 Å². The first-order chi connectivity index (χ1) is 32.7.